The van der Waals surface area contributed by atoms with E-state index in [2.05, 4.69) is 0 Å². The van der Waals surface area contributed by atoms with E-state index in [-0.39, 0.29) is 19.0 Å². The van der Waals surface area contributed by atoms with Crippen LogP contribution in [0, 0.1) is 0 Å². The zero-order valence-corrected chi connectivity index (χ0v) is 16.9. The second-order valence-electron chi connectivity index (χ2n) is 6.72. The summed E-state index contributed by atoms with van der Waals surface area (Å²) >= 11 is 1.33. The molecule has 0 bridgehead atoms. The van der Waals surface area contributed by atoms with Gasteiger partial charge in [0.1, 0.15) is 6.04 Å². The third-order valence-corrected chi connectivity index (χ3v) is 5.94. The number of esters is 1. The normalized spacial score (nSPS) is 17.2. The second-order valence-corrected chi connectivity index (χ2v) is 7.70. The van der Waals surface area contributed by atoms with Gasteiger partial charge in [-0.15, -0.1) is 0 Å². The van der Waals surface area contributed by atoms with Gasteiger partial charge in [-0.2, -0.15) is 0 Å². The van der Waals surface area contributed by atoms with Crippen molar-refractivity contribution in [3.05, 3.63) is 49.0 Å². The molecule has 0 fully saturated rings. The molecule has 3 heterocycles. The maximum Gasteiger partial charge on any atom is 0.338 e. The van der Waals surface area contributed by atoms with Crippen molar-refractivity contribution in [1.82, 2.24) is 4.57 Å². The number of rotatable bonds is 3. The molecule has 4 rings (SSSR count). The summed E-state index contributed by atoms with van der Waals surface area (Å²) in [5.74, 6) is 0.791. The molecule has 0 aliphatic carbocycles. The first-order valence-corrected chi connectivity index (χ1v) is 9.79. The molecule has 2 aliphatic rings. The fraction of sp³-hybridized carbons (Fsp3) is 0.350. The van der Waals surface area contributed by atoms with Crippen molar-refractivity contribution in [1.29, 1.82) is 0 Å². The molecule has 0 radical (unpaired) electrons. The highest BCUT2D eigenvalue weighted by Gasteiger charge is 2.32. The van der Waals surface area contributed by atoms with Crippen molar-refractivity contribution < 1.29 is 19.0 Å². The second kappa shape index (κ2) is 6.94. The van der Waals surface area contributed by atoms with Crippen LogP contribution in [0.2, 0.25) is 0 Å². The van der Waals surface area contributed by atoms with E-state index in [1.165, 1.54) is 15.9 Å². The molecule has 0 N–H and O–H groups in total. The number of carbonyl (C=O) groups excluding carboxylic acids is 1. The van der Waals surface area contributed by atoms with Gasteiger partial charge in [-0.1, -0.05) is 23.0 Å². The van der Waals surface area contributed by atoms with Crippen molar-refractivity contribution in [2.24, 2.45) is 4.99 Å². The van der Waals surface area contributed by atoms with Crippen LogP contribution in [0.15, 0.2) is 33.6 Å². The van der Waals surface area contributed by atoms with E-state index in [1.807, 2.05) is 26.0 Å². The van der Waals surface area contributed by atoms with Gasteiger partial charge in [-0.3, -0.25) is 9.36 Å². The maximum atomic E-state index is 12.9. The number of allylic oxidation sites excluding steroid dienone is 1. The molecular weight excluding hydrogens is 380 g/mol. The van der Waals surface area contributed by atoms with Gasteiger partial charge in [0.05, 0.1) is 16.7 Å². The quantitative estimate of drug-likeness (QED) is 0.737. The van der Waals surface area contributed by atoms with Gasteiger partial charge in [-0.05, 0) is 45.4 Å². The lowest BCUT2D eigenvalue weighted by atomic mass is 9.96. The first-order chi connectivity index (χ1) is 13.4. The van der Waals surface area contributed by atoms with Crippen LogP contribution in [0.25, 0.3) is 11.3 Å². The molecule has 7 nitrogen and oxygen atoms in total. The molecule has 1 aromatic carbocycles. The minimum absolute atomic E-state index is 0.160. The predicted octanol–water partition coefficient (Wildman–Crippen LogP) is 2.00. The Morgan fingerprint density at radius 2 is 2.07 bits per heavy atom. The van der Waals surface area contributed by atoms with Crippen molar-refractivity contribution >= 4 is 28.6 Å². The Morgan fingerprint density at radius 3 is 2.79 bits per heavy atom. The highest BCUT2D eigenvalue weighted by Crippen LogP contribution is 2.38. The standard InChI is InChI=1S/C20H20N2O5S/c1-5-25-19(24)15-11(4)22-18(23)17(10(2)3)28-20(22)21-16(15)12-6-7-13-14(8-12)27-9-26-13/h6-8,16H,5,9H2,1-4H3/t16-/m0/s1. The summed E-state index contributed by atoms with van der Waals surface area (Å²) in [7, 11) is 0. The van der Waals surface area contributed by atoms with Crippen LogP contribution in [0.1, 0.15) is 39.3 Å². The Kier molecular flexibility index (Phi) is 4.58. The fourth-order valence-electron chi connectivity index (χ4n) is 3.35. The largest absolute Gasteiger partial charge is 0.463 e. The molecule has 8 heteroatoms. The van der Waals surface area contributed by atoms with Gasteiger partial charge in [0.15, 0.2) is 16.3 Å². The van der Waals surface area contributed by atoms with Gasteiger partial charge < -0.3 is 14.2 Å². The molecule has 0 saturated heterocycles. The topological polar surface area (TPSA) is 79.1 Å². The summed E-state index contributed by atoms with van der Waals surface area (Å²) < 4.78 is 18.3. The number of fused-ring (bicyclic) bond motifs is 2. The van der Waals surface area contributed by atoms with E-state index < -0.39 is 12.0 Å². The zero-order valence-electron chi connectivity index (χ0n) is 16.1. The SMILES string of the molecule is CCOC(=O)C1=C(C)n2c(sc(=C(C)C)c2=O)=N[C@H]1c1ccc2c(c1)OCO2. The van der Waals surface area contributed by atoms with Crippen LogP contribution in [0.4, 0.5) is 0 Å². The molecule has 0 unspecified atom stereocenters. The van der Waals surface area contributed by atoms with E-state index in [4.69, 9.17) is 19.2 Å². The Balaban J connectivity index is 1.98. The number of aromatic nitrogens is 1. The summed E-state index contributed by atoms with van der Waals surface area (Å²) in [4.78, 5) is 30.9. The number of thiazole rings is 1. The van der Waals surface area contributed by atoms with E-state index in [9.17, 15) is 9.59 Å². The highest BCUT2D eigenvalue weighted by molar-refractivity contribution is 7.07. The third kappa shape index (κ3) is 2.84. The summed E-state index contributed by atoms with van der Waals surface area (Å²) in [6, 6.07) is 4.89. The molecule has 146 valence electrons. The Labute approximate surface area is 165 Å². The smallest absolute Gasteiger partial charge is 0.338 e. The summed E-state index contributed by atoms with van der Waals surface area (Å²) in [6.07, 6.45) is 0. The zero-order chi connectivity index (χ0) is 20.0. The van der Waals surface area contributed by atoms with Crippen LogP contribution in [0.3, 0.4) is 0 Å². The molecule has 0 spiro atoms. The lowest BCUT2D eigenvalue weighted by Gasteiger charge is -2.22. The highest BCUT2D eigenvalue weighted by atomic mass is 32.1. The number of carbonyl (C=O) groups is 1. The fourth-order valence-corrected chi connectivity index (χ4v) is 4.39. The van der Waals surface area contributed by atoms with Crippen molar-refractivity contribution in [3.8, 4) is 11.5 Å². The third-order valence-electron chi connectivity index (χ3n) is 4.68. The number of hydrogen-bond donors (Lipinski definition) is 0. The van der Waals surface area contributed by atoms with E-state index in [0.717, 1.165) is 11.1 Å². The number of ether oxygens (including phenoxy) is 3. The van der Waals surface area contributed by atoms with E-state index in [1.54, 1.807) is 19.9 Å². The lowest BCUT2D eigenvalue weighted by Crippen LogP contribution is -2.35. The Hall–Kier alpha value is -2.87. The number of benzene rings is 1. The minimum atomic E-state index is -0.586. The molecule has 28 heavy (non-hydrogen) atoms. The van der Waals surface area contributed by atoms with Crippen molar-refractivity contribution in [2.75, 3.05) is 13.4 Å². The monoisotopic (exact) mass is 400 g/mol. The van der Waals surface area contributed by atoms with Gasteiger partial charge in [0.2, 0.25) is 6.79 Å². The number of hydrogen-bond acceptors (Lipinski definition) is 7. The van der Waals surface area contributed by atoms with Crippen molar-refractivity contribution in [3.63, 3.8) is 0 Å². The molecule has 0 amide bonds. The first kappa shape index (κ1) is 18.5. The van der Waals surface area contributed by atoms with Gasteiger partial charge in [0.25, 0.3) is 5.56 Å². The van der Waals surface area contributed by atoms with Crippen LogP contribution in [-0.2, 0) is 9.53 Å². The van der Waals surface area contributed by atoms with Crippen molar-refractivity contribution in [2.45, 2.75) is 33.7 Å². The van der Waals surface area contributed by atoms with Crippen LogP contribution < -0.4 is 24.4 Å². The van der Waals surface area contributed by atoms with Gasteiger partial charge in [0, 0.05) is 5.70 Å². The average molecular weight is 400 g/mol. The first-order valence-electron chi connectivity index (χ1n) is 8.97. The molecule has 2 aliphatic heterocycles. The molecule has 1 aromatic heterocycles. The van der Waals surface area contributed by atoms with Crippen LogP contribution in [0.5, 0.6) is 11.5 Å². The Morgan fingerprint density at radius 1 is 1.32 bits per heavy atom. The van der Waals surface area contributed by atoms with Gasteiger partial charge >= 0.3 is 5.97 Å². The van der Waals surface area contributed by atoms with E-state index in [0.29, 0.717) is 32.1 Å². The molecule has 2 aromatic rings. The predicted molar refractivity (Wildman–Crippen MR) is 105 cm³/mol. The molecule has 0 saturated carbocycles. The number of nitrogens with zero attached hydrogens (tertiary/aromatic N) is 2. The lowest BCUT2D eigenvalue weighted by molar-refractivity contribution is -0.138. The van der Waals surface area contributed by atoms with E-state index >= 15 is 0 Å². The molecule has 1 atom stereocenters. The molecular formula is C20H20N2O5S. The summed E-state index contributed by atoms with van der Waals surface area (Å²) in [5.41, 5.74) is 2.43. The van der Waals surface area contributed by atoms with Crippen LogP contribution >= 0.6 is 11.3 Å². The summed E-state index contributed by atoms with van der Waals surface area (Å²) in [6.45, 7) is 7.69. The van der Waals surface area contributed by atoms with Crippen LogP contribution in [-0.4, -0.2) is 23.9 Å². The summed E-state index contributed by atoms with van der Waals surface area (Å²) in [5, 5.41) is 0. The van der Waals surface area contributed by atoms with Gasteiger partial charge in [-0.25, -0.2) is 9.79 Å². The minimum Gasteiger partial charge on any atom is -0.463 e. The maximum absolute atomic E-state index is 12.9. The Bertz CT molecular complexity index is 1180. The average Bonchev–Trinajstić information content (AvgIpc) is 3.25.